The molecule has 178 valence electrons. The molecule has 5 rings (SSSR count). The maximum absolute atomic E-state index is 13.5. The highest BCUT2D eigenvalue weighted by atomic mass is 79.9. The number of cyclic esters (lactones) is 1. The zero-order chi connectivity index (χ0) is 24.7. The molecule has 1 aliphatic rings. The maximum atomic E-state index is 13.5. The van der Waals surface area contributed by atoms with Gasteiger partial charge in [-0.05, 0) is 60.9 Å². The fourth-order valence-corrected chi connectivity index (χ4v) is 5.47. The van der Waals surface area contributed by atoms with Crippen LogP contribution in [0.3, 0.4) is 0 Å². The van der Waals surface area contributed by atoms with Crippen LogP contribution < -0.4 is 0 Å². The molecule has 0 aliphatic carbocycles. The van der Waals surface area contributed by atoms with E-state index in [2.05, 4.69) is 54.6 Å². The highest BCUT2D eigenvalue weighted by Gasteiger charge is 2.43. The number of carbonyl (C=O) groups excluding carboxylic acids is 2. The second-order valence-corrected chi connectivity index (χ2v) is 10.7. The minimum absolute atomic E-state index is 0.118. The van der Waals surface area contributed by atoms with Crippen LogP contribution in [0, 0.1) is 6.92 Å². The molecular weight excluding hydrogens is 572 g/mol. The molecule has 2 heterocycles. The molecule has 2 unspecified atom stereocenters. The SMILES string of the molecule is Cc1c(CC(=O)N2C(=O)OC(c3ccccc3)C2C)c2cc(Br)ccc2n1Cc1ccc(Br)cc1. The topological polar surface area (TPSA) is 51.5 Å². The van der Waals surface area contributed by atoms with Gasteiger partial charge in [0.2, 0.25) is 5.91 Å². The highest BCUT2D eigenvalue weighted by Crippen LogP contribution is 2.35. The van der Waals surface area contributed by atoms with Crippen LogP contribution in [0.15, 0.2) is 81.7 Å². The number of hydrogen-bond acceptors (Lipinski definition) is 3. The van der Waals surface area contributed by atoms with Crippen molar-refractivity contribution in [3.63, 3.8) is 0 Å². The lowest BCUT2D eigenvalue weighted by Gasteiger charge is -2.19. The lowest BCUT2D eigenvalue weighted by atomic mass is 10.0. The van der Waals surface area contributed by atoms with E-state index in [9.17, 15) is 9.59 Å². The van der Waals surface area contributed by atoms with Crippen LogP contribution in [-0.2, 0) is 22.5 Å². The molecule has 0 bridgehead atoms. The van der Waals surface area contributed by atoms with Crippen LogP contribution in [-0.4, -0.2) is 27.5 Å². The Morgan fingerprint density at radius 2 is 1.66 bits per heavy atom. The third-order valence-corrected chi connectivity index (χ3v) is 7.69. The van der Waals surface area contributed by atoms with Crippen molar-refractivity contribution in [2.24, 2.45) is 0 Å². The molecule has 1 saturated heterocycles. The molecule has 1 aromatic heterocycles. The summed E-state index contributed by atoms with van der Waals surface area (Å²) in [5, 5.41) is 1.00. The Labute approximate surface area is 220 Å². The number of imide groups is 1. The van der Waals surface area contributed by atoms with Crippen LogP contribution in [0.2, 0.25) is 0 Å². The zero-order valence-electron chi connectivity index (χ0n) is 19.4. The minimum Gasteiger partial charge on any atom is -0.439 e. The molecule has 0 radical (unpaired) electrons. The van der Waals surface area contributed by atoms with Gasteiger partial charge in [-0.3, -0.25) is 4.79 Å². The Morgan fingerprint density at radius 1 is 0.971 bits per heavy atom. The quantitative estimate of drug-likeness (QED) is 0.246. The van der Waals surface area contributed by atoms with E-state index in [0.717, 1.165) is 42.2 Å². The average molecular weight is 596 g/mol. The molecule has 0 N–H and O–H groups in total. The van der Waals surface area contributed by atoms with Crippen molar-refractivity contribution >= 4 is 54.8 Å². The molecule has 4 aromatic rings. The number of hydrogen-bond donors (Lipinski definition) is 0. The second-order valence-electron chi connectivity index (χ2n) is 8.83. The van der Waals surface area contributed by atoms with E-state index >= 15 is 0 Å². The summed E-state index contributed by atoms with van der Waals surface area (Å²) in [6.07, 6.45) is -0.942. The number of rotatable bonds is 5. The summed E-state index contributed by atoms with van der Waals surface area (Å²) >= 11 is 7.07. The van der Waals surface area contributed by atoms with E-state index in [1.165, 1.54) is 4.90 Å². The fourth-order valence-electron chi connectivity index (χ4n) is 4.84. The van der Waals surface area contributed by atoms with Crippen molar-refractivity contribution in [3.8, 4) is 0 Å². The predicted molar refractivity (Wildman–Crippen MR) is 143 cm³/mol. The molecule has 1 fully saturated rings. The van der Waals surface area contributed by atoms with E-state index in [1.54, 1.807) is 0 Å². The first-order valence-electron chi connectivity index (χ1n) is 11.4. The number of ether oxygens (including phenoxy) is 1. The van der Waals surface area contributed by atoms with Crippen molar-refractivity contribution in [3.05, 3.63) is 104 Å². The number of carbonyl (C=O) groups is 2. The third kappa shape index (κ3) is 4.55. The molecule has 2 atom stereocenters. The Balaban J connectivity index is 1.47. The summed E-state index contributed by atoms with van der Waals surface area (Å²) in [6.45, 7) is 4.58. The lowest BCUT2D eigenvalue weighted by Crippen LogP contribution is -2.38. The van der Waals surface area contributed by atoms with Gasteiger partial charge < -0.3 is 9.30 Å². The number of halogens is 2. The van der Waals surface area contributed by atoms with Gasteiger partial charge in [0.15, 0.2) is 0 Å². The number of benzene rings is 3. The molecule has 7 heteroatoms. The molecule has 0 spiro atoms. The Bertz CT molecular complexity index is 1410. The van der Waals surface area contributed by atoms with Crippen molar-refractivity contribution in [1.82, 2.24) is 9.47 Å². The summed E-state index contributed by atoms with van der Waals surface area (Å²) in [5.74, 6) is -0.258. The van der Waals surface area contributed by atoms with Gasteiger partial charge in [0.25, 0.3) is 0 Å². The van der Waals surface area contributed by atoms with E-state index < -0.39 is 12.2 Å². The van der Waals surface area contributed by atoms with Crippen LogP contribution in [0.5, 0.6) is 0 Å². The smallest absolute Gasteiger partial charge is 0.417 e. The second kappa shape index (κ2) is 9.63. The molecule has 0 saturated carbocycles. The van der Waals surface area contributed by atoms with Crippen molar-refractivity contribution < 1.29 is 14.3 Å². The van der Waals surface area contributed by atoms with Gasteiger partial charge in [0, 0.05) is 32.1 Å². The van der Waals surface area contributed by atoms with Gasteiger partial charge in [0.05, 0.1) is 12.5 Å². The van der Waals surface area contributed by atoms with E-state index in [1.807, 2.05) is 68.4 Å². The summed E-state index contributed by atoms with van der Waals surface area (Å²) in [4.78, 5) is 27.5. The molecule has 1 aliphatic heterocycles. The number of aromatic nitrogens is 1. The highest BCUT2D eigenvalue weighted by molar-refractivity contribution is 9.10. The largest absolute Gasteiger partial charge is 0.439 e. The van der Waals surface area contributed by atoms with Gasteiger partial charge >= 0.3 is 6.09 Å². The van der Waals surface area contributed by atoms with E-state index in [4.69, 9.17) is 4.74 Å². The van der Waals surface area contributed by atoms with E-state index in [0.29, 0.717) is 6.54 Å². The third-order valence-electron chi connectivity index (χ3n) is 6.66. The molecule has 3 aromatic carbocycles. The Kier molecular flexibility index (Phi) is 6.55. The van der Waals surface area contributed by atoms with Gasteiger partial charge in [-0.15, -0.1) is 0 Å². The number of amides is 2. The minimum atomic E-state index is -0.589. The molecule has 35 heavy (non-hydrogen) atoms. The van der Waals surface area contributed by atoms with Gasteiger partial charge in [-0.25, -0.2) is 9.69 Å². The summed E-state index contributed by atoms with van der Waals surface area (Å²) in [5.41, 5.74) is 5.03. The normalized spacial score (nSPS) is 17.7. The molecular formula is C28H24Br2N2O3. The van der Waals surface area contributed by atoms with Gasteiger partial charge in [-0.2, -0.15) is 0 Å². The zero-order valence-corrected chi connectivity index (χ0v) is 22.5. The van der Waals surface area contributed by atoms with Crippen LogP contribution in [0.25, 0.3) is 10.9 Å². The molecule has 2 amide bonds. The first-order valence-corrected chi connectivity index (χ1v) is 13.0. The Morgan fingerprint density at radius 3 is 2.37 bits per heavy atom. The maximum Gasteiger partial charge on any atom is 0.417 e. The monoisotopic (exact) mass is 594 g/mol. The van der Waals surface area contributed by atoms with Gasteiger partial charge in [0.1, 0.15) is 6.10 Å². The fraction of sp³-hybridized carbons (Fsp3) is 0.214. The van der Waals surface area contributed by atoms with Crippen molar-refractivity contribution in [1.29, 1.82) is 0 Å². The van der Waals surface area contributed by atoms with E-state index in [-0.39, 0.29) is 18.4 Å². The first kappa shape index (κ1) is 23.8. The number of nitrogens with zero attached hydrogens (tertiary/aromatic N) is 2. The van der Waals surface area contributed by atoms with Crippen molar-refractivity contribution in [2.75, 3.05) is 0 Å². The number of fused-ring (bicyclic) bond motifs is 1. The predicted octanol–water partition coefficient (Wildman–Crippen LogP) is 7.17. The van der Waals surface area contributed by atoms with Gasteiger partial charge in [-0.1, -0.05) is 74.3 Å². The Hall–Kier alpha value is -2.90. The van der Waals surface area contributed by atoms with Crippen LogP contribution in [0.1, 0.15) is 35.4 Å². The summed E-state index contributed by atoms with van der Waals surface area (Å²) < 4.78 is 9.82. The first-order chi connectivity index (χ1) is 16.8. The van der Waals surface area contributed by atoms with Crippen molar-refractivity contribution in [2.45, 2.75) is 39.0 Å². The average Bonchev–Trinajstić information content (AvgIpc) is 3.28. The van der Waals surface area contributed by atoms with Crippen LogP contribution in [0.4, 0.5) is 4.79 Å². The van der Waals surface area contributed by atoms with Crippen LogP contribution >= 0.6 is 31.9 Å². The standard InChI is InChI=1S/C28H24Br2N2O3/c1-17-23(15-26(33)32-18(2)27(35-28(32)34)20-6-4-3-5-7-20)24-14-22(30)12-13-25(24)31(17)16-19-8-10-21(29)11-9-19/h3-14,18,27H,15-16H2,1-2H3. The lowest BCUT2D eigenvalue weighted by molar-refractivity contribution is -0.128. The summed E-state index contributed by atoms with van der Waals surface area (Å²) in [6, 6.07) is 23.5. The molecule has 5 nitrogen and oxygen atoms in total. The summed E-state index contributed by atoms with van der Waals surface area (Å²) in [7, 11) is 0.